The molecule has 3 aromatic carbocycles. The minimum absolute atomic E-state index is 0. The lowest BCUT2D eigenvalue weighted by molar-refractivity contribution is 0.507. The minimum atomic E-state index is -0.856. The quantitative estimate of drug-likeness (QED) is 0.574. The van der Waals surface area contributed by atoms with Gasteiger partial charge in [-0.25, -0.2) is 13.8 Å². The Morgan fingerprint density at radius 3 is 1.83 bits per heavy atom. The van der Waals surface area contributed by atoms with Gasteiger partial charge in [0.2, 0.25) is 0 Å². The van der Waals surface area contributed by atoms with Crippen LogP contribution in [0.25, 0.3) is 0 Å². The first-order valence-electron chi connectivity index (χ1n) is 9.64. The number of benzene rings is 3. The Balaban J connectivity index is 0.00000256. The van der Waals surface area contributed by atoms with E-state index in [4.69, 9.17) is 0 Å². The van der Waals surface area contributed by atoms with Gasteiger partial charge in [-0.3, -0.25) is 0 Å². The largest absolute Gasteiger partial charge is 0.347 e. The van der Waals surface area contributed by atoms with Crippen LogP contribution in [0.15, 0.2) is 71.7 Å². The second-order valence-corrected chi connectivity index (χ2v) is 7.49. The molecule has 6 heteroatoms. The van der Waals surface area contributed by atoms with E-state index in [2.05, 4.69) is 78.0 Å². The standard InChI is InChI=1S/C24H23F2N3.ClH/c1-15-5-3-7-18(11-15)22-23(19-8-4-6-16(2)12-19)29-24(28-22)27-14-17-9-10-20(25)21(26)13-17;/h3-13,22-23H,14H2,1-2H3,(H2,27,28,29);1H/t22-,23+;. The SMILES string of the molecule is Cc1cccc([C@H]2NC(=NCc3ccc(F)c(F)c3)N[C@H]2c2cccc(C)c2)c1.Cl. The summed E-state index contributed by atoms with van der Waals surface area (Å²) in [5.74, 6) is -1.06. The van der Waals surface area contributed by atoms with Gasteiger partial charge in [0.1, 0.15) is 0 Å². The van der Waals surface area contributed by atoms with Gasteiger partial charge in [0.15, 0.2) is 17.6 Å². The van der Waals surface area contributed by atoms with Crippen molar-refractivity contribution in [3.63, 3.8) is 0 Å². The third-order valence-electron chi connectivity index (χ3n) is 5.12. The maximum atomic E-state index is 13.5. The molecular formula is C24H24ClF2N3. The number of halogens is 3. The fourth-order valence-corrected chi connectivity index (χ4v) is 3.68. The average molecular weight is 428 g/mol. The van der Waals surface area contributed by atoms with Gasteiger partial charge in [0.25, 0.3) is 0 Å². The predicted molar refractivity (Wildman–Crippen MR) is 119 cm³/mol. The number of guanidine groups is 1. The Bertz CT molecular complexity index is 1010. The molecule has 1 saturated heterocycles. The van der Waals surface area contributed by atoms with Gasteiger partial charge in [0, 0.05) is 0 Å². The molecule has 1 heterocycles. The lowest BCUT2D eigenvalue weighted by atomic mass is 9.93. The van der Waals surface area contributed by atoms with Crippen molar-refractivity contribution in [1.29, 1.82) is 0 Å². The normalized spacial score (nSPS) is 19.1. The molecule has 4 rings (SSSR count). The molecule has 156 valence electrons. The summed E-state index contributed by atoms with van der Waals surface area (Å²) in [5.41, 5.74) is 5.34. The van der Waals surface area contributed by atoms with Crippen molar-refractivity contribution in [2.75, 3.05) is 0 Å². The fraction of sp³-hybridized carbons (Fsp3) is 0.208. The molecule has 2 N–H and O–H groups in total. The molecule has 0 saturated carbocycles. The maximum Gasteiger partial charge on any atom is 0.192 e. The Hall–Kier alpha value is -2.92. The first-order chi connectivity index (χ1) is 14.0. The van der Waals surface area contributed by atoms with E-state index in [0.29, 0.717) is 11.5 Å². The third-order valence-corrected chi connectivity index (χ3v) is 5.12. The van der Waals surface area contributed by atoms with Gasteiger partial charge in [-0.1, -0.05) is 65.7 Å². The lowest BCUT2D eigenvalue weighted by Gasteiger charge is -2.20. The second-order valence-electron chi connectivity index (χ2n) is 7.49. The zero-order valence-electron chi connectivity index (χ0n) is 16.8. The zero-order chi connectivity index (χ0) is 20.4. The van der Waals surface area contributed by atoms with E-state index in [9.17, 15) is 8.78 Å². The van der Waals surface area contributed by atoms with Crippen molar-refractivity contribution in [2.24, 2.45) is 4.99 Å². The molecule has 0 aliphatic carbocycles. The number of nitrogens with zero attached hydrogens (tertiary/aromatic N) is 1. The molecule has 2 atom stereocenters. The molecule has 1 aliphatic rings. The maximum absolute atomic E-state index is 13.5. The average Bonchev–Trinajstić information content (AvgIpc) is 3.13. The molecule has 3 nitrogen and oxygen atoms in total. The first-order valence-corrected chi connectivity index (χ1v) is 9.64. The van der Waals surface area contributed by atoms with Crippen molar-refractivity contribution >= 4 is 18.4 Å². The molecule has 1 aliphatic heterocycles. The molecule has 0 spiro atoms. The number of hydrogen-bond donors (Lipinski definition) is 2. The van der Waals surface area contributed by atoms with Crippen LogP contribution >= 0.6 is 12.4 Å². The van der Waals surface area contributed by atoms with E-state index in [0.717, 1.165) is 6.07 Å². The van der Waals surface area contributed by atoms with Crippen LogP contribution in [-0.2, 0) is 6.54 Å². The lowest BCUT2D eigenvalue weighted by Crippen LogP contribution is -2.25. The van der Waals surface area contributed by atoms with Gasteiger partial charge in [-0.05, 0) is 42.7 Å². The predicted octanol–water partition coefficient (Wildman–Crippen LogP) is 5.53. The molecular weight excluding hydrogens is 404 g/mol. The van der Waals surface area contributed by atoms with Crippen LogP contribution in [0.3, 0.4) is 0 Å². The van der Waals surface area contributed by atoms with Crippen molar-refractivity contribution < 1.29 is 8.78 Å². The number of aryl methyl sites for hydroxylation is 2. The summed E-state index contributed by atoms with van der Waals surface area (Å²) in [7, 11) is 0. The fourth-order valence-electron chi connectivity index (χ4n) is 3.68. The van der Waals surface area contributed by atoms with Crippen molar-refractivity contribution in [3.05, 3.63) is 106 Å². The highest BCUT2D eigenvalue weighted by Gasteiger charge is 2.32. The topological polar surface area (TPSA) is 36.4 Å². The molecule has 0 radical (unpaired) electrons. The first kappa shape index (κ1) is 21.8. The van der Waals surface area contributed by atoms with Crippen LogP contribution < -0.4 is 10.6 Å². The van der Waals surface area contributed by atoms with Crippen LogP contribution in [-0.4, -0.2) is 5.96 Å². The van der Waals surface area contributed by atoms with Gasteiger partial charge in [-0.2, -0.15) is 0 Å². The highest BCUT2D eigenvalue weighted by molar-refractivity contribution is 5.85. The van der Waals surface area contributed by atoms with Gasteiger partial charge >= 0.3 is 0 Å². The summed E-state index contributed by atoms with van der Waals surface area (Å²) in [4.78, 5) is 4.57. The van der Waals surface area contributed by atoms with E-state index in [1.54, 1.807) is 6.07 Å². The van der Waals surface area contributed by atoms with E-state index in [-0.39, 0.29) is 31.0 Å². The molecule has 3 aromatic rings. The summed E-state index contributed by atoms with van der Waals surface area (Å²) in [6.07, 6.45) is 0. The van der Waals surface area contributed by atoms with Crippen LogP contribution in [0.1, 0.15) is 39.9 Å². The van der Waals surface area contributed by atoms with E-state index >= 15 is 0 Å². The Kier molecular flexibility index (Phi) is 6.73. The van der Waals surface area contributed by atoms with Crippen LogP contribution in [0.2, 0.25) is 0 Å². The zero-order valence-corrected chi connectivity index (χ0v) is 17.6. The molecule has 0 aromatic heterocycles. The van der Waals surface area contributed by atoms with Gasteiger partial charge in [-0.15, -0.1) is 12.4 Å². The van der Waals surface area contributed by atoms with Crippen molar-refractivity contribution in [1.82, 2.24) is 10.6 Å². The highest BCUT2D eigenvalue weighted by Crippen LogP contribution is 2.33. The van der Waals surface area contributed by atoms with Crippen molar-refractivity contribution in [3.8, 4) is 0 Å². The van der Waals surface area contributed by atoms with Crippen LogP contribution in [0.4, 0.5) is 8.78 Å². The Morgan fingerprint density at radius 2 is 1.33 bits per heavy atom. The van der Waals surface area contributed by atoms with E-state index < -0.39 is 11.6 Å². The van der Waals surface area contributed by atoms with Crippen molar-refractivity contribution in [2.45, 2.75) is 32.5 Å². The third kappa shape index (κ3) is 4.79. The van der Waals surface area contributed by atoms with Gasteiger partial charge in [0.05, 0.1) is 18.6 Å². The highest BCUT2D eigenvalue weighted by atomic mass is 35.5. The number of aliphatic imine (C=N–C) groups is 1. The monoisotopic (exact) mass is 427 g/mol. The summed E-state index contributed by atoms with van der Waals surface area (Å²) < 4.78 is 26.6. The van der Waals surface area contributed by atoms with E-state index in [1.807, 2.05) is 0 Å². The summed E-state index contributed by atoms with van der Waals surface area (Å²) in [5, 5.41) is 6.94. The number of rotatable bonds is 4. The summed E-state index contributed by atoms with van der Waals surface area (Å²) in [6.45, 7) is 4.41. The molecule has 0 unspecified atom stereocenters. The van der Waals surface area contributed by atoms with E-state index in [1.165, 1.54) is 28.3 Å². The minimum Gasteiger partial charge on any atom is -0.347 e. The molecule has 0 bridgehead atoms. The van der Waals surface area contributed by atoms with Crippen LogP contribution in [0.5, 0.6) is 0 Å². The Morgan fingerprint density at radius 1 is 0.767 bits per heavy atom. The molecule has 30 heavy (non-hydrogen) atoms. The second kappa shape index (κ2) is 9.26. The molecule has 1 fully saturated rings. The summed E-state index contributed by atoms with van der Waals surface area (Å²) in [6, 6.07) is 20.7. The Labute approximate surface area is 181 Å². The summed E-state index contributed by atoms with van der Waals surface area (Å²) >= 11 is 0. The number of hydrogen-bond acceptors (Lipinski definition) is 1. The smallest absolute Gasteiger partial charge is 0.192 e. The van der Waals surface area contributed by atoms with Crippen LogP contribution in [0, 0.1) is 25.5 Å². The van der Waals surface area contributed by atoms with Gasteiger partial charge < -0.3 is 10.6 Å². The number of nitrogens with one attached hydrogen (secondary N) is 2. The molecule has 0 amide bonds.